The van der Waals surface area contributed by atoms with Crippen molar-refractivity contribution in [3.8, 4) is 0 Å². The van der Waals surface area contributed by atoms with Gasteiger partial charge in [0.05, 0.1) is 0 Å². The molecule has 2 aromatic heterocycles. The molecule has 0 atom stereocenters. The average Bonchev–Trinajstić information content (AvgIpc) is 2.78. The highest BCUT2D eigenvalue weighted by atomic mass is 32.1. The second-order valence-electron chi connectivity index (χ2n) is 3.97. The van der Waals surface area contributed by atoms with Crippen LogP contribution in [0, 0.1) is 20.8 Å². The Kier molecular flexibility index (Phi) is 3.33. The summed E-state index contributed by atoms with van der Waals surface area (Å²) in [6.07, 6.45) is 0. The Labute approximate surface area is 107 Å². The topological polar surface area (TPSA) is 77.1 Å². The van der Waals surface area contributed by atoms with Crippen molar-refractivity contribution in [2.45, 2.75) is 27.3 Å². The van der Waals surface area contributed by atoms with E-state index in [1.54, 1.807) is 13.0 Å². The van der Waals surface area contributed by atoms with Gasteiger partial charge in [0, 0.05) is 16.6 Å². The van der Waals surface area contributed by atoms with E-state index in [-0.39, 0.29) is 17.3 Å². The van der Waals surface area contributed by atoms with E-state index in [1.165, 1.54) is 4.57 Å². The van der Waals surface area contributed by atoms with Gasteiger partial charge in [-0.1, -0.05) is 16.5 Å². The molecule has 2 rings (SSSR count). The minimum atomic E-state index is -0.300. The molecule has 6 nitrogen and oxygen atoms in total. The summed E-state index contributed by atoms with van der Waals surface area (Å²) in [5.74, 6) is 0.673. The van der Waals surface area contributed by atoms with Crippen molar-refractivity contribution in [3.05, 3.63) is 32.1 Å². The second-order valence-corrected chi connectivity index (χ2v) is 5.13. The molecule has 18 heavy (non-hydrogen) atoms. The normalized spacial score (nSPS) is 10.6. The first-order chi connectivity index (χ1) is 8.47. The van der Waals surface area contributed by atoms with Gasteiger partial charge in [-0.3, -0.25) is 14.2 Å². The molecule has 1 N–H and O–H groups in total. The quantitative estimate of drug-likeness (QED) is 0.913. The molecule has 0 spiro atoms. The van der Waals surface area contributed by atoms with Crippen molar-refractivity contribution >= 4 is 23.1 Å². The van der Waals surface area contributed by atoms with E-state index in [1.807, 2.05) is 13.8 Å². The number of amides is 1. The number of hydrogen-bond acceptors (Lipinski definition) is 5. The molecule has 96 valence electrons. The van der Waals surface area contributed by atoms with Crippen molar-refractivity contribution < 1.29 is 9.32 Å². The number of aryl methyl sites for hydroxylation is 2. The van der Waals surface area contributed by atoms with E-state index in [9.17, 15) is 9.59 Å². The average molecular weight is 267 g/mol. The van der Waals surface area contributed by atoms with E-state index < -0.39 is 0 Å². The Morgan fingerprint density at radius 1 is 1.50 bits per heavy atom. The van der Waals surface area contributed by atoms with Crippen molar-refractivity contribution in [1.29, 1.82) is 0 Å². The van der Waals surface area contributed by atoms with E-state index in [2.05, 4.69) is 10.5 Å². The van der Waals surface area contributed by atoms with Gasteiger partial charge < -0.3 is 9.84 Å². The number of nitrogens with zero attached hydrogens (tertiary/aromatic N) is 2. The lowest BCUT2D eigenvalue weighted by Crippen LogP contribution is -2.25. The summed E-state index contributed by atoms with van der Waals surface area (Å²) in [5.41, 5.74) is 0.816. The second kappa shape index (κ2) is 4.77. The molecule has 0 radical (unpaired) electrons. The molecule has 0 aliphatic rings. The molecule has 7 heteroatoms. The SMILES string of the molecule is Cc1cc(NC(=O)Cn2c(C)c(C)sc2=O)no1. The Morgan fingerprint density at radius 3 is 2.72 bits per heavy atom. The maximum Gasteiger partial charge on any atom is 0.308 e. The number of thiazole rings is 1. The third-order valence-electron chi connectivity index (χ3n) is 2.57. The lowest BCUT2D eigenvalue weighted by molar-refractivity contribution is -0.116. The number of aromatic nitrogens is 2. The van der Waals surface area contributed by atoms with E-state index in [0.717, 1.165) is 21.9 Å². The largest absolute Gasteiger partial charge is 0.360 e. The van der Waals surface area contributed by atoms with Crippen LogP contribution in [0.1, 0.15) is 16.3 Å². The van der Waals surface area contributed by atoms with Gasteiger partial charge in [-0.15, -0.1) is 0 Å². The fourth-order valence-corrected chi connectivity index (χ4v) is 2.35. The molecule has 1 amide bonds. The van der Waals surface area contributed by atoms with Crippen molar-refractivity contribution in [2.75, 3.05) is 5.32 Å². The van der Waals surface area contributed by atoms with Gasteiger partial charge >= 0.3 is 4.87 Å². The number of carbonyl (C=O) groups excluding carboxylic acids is 1. The minimum Gasteiger partial charge on any atom is -0.360 e. The molecule has 0 fully saturated rings. The summed E-state index contributed by atoms with van der Waals surface area (Å²) in [5, 5.41) is 6.23. The standard InChI is InChI=1S/C11H13N3O3S/c1-6-4-9(13-17-6)12-10(15)5-14-7(2)8(3)18-11(14)16/h4H,5H2,1-3H3,(H,12,13,15). The van der Waals surface area contributed by atoms with Crippen LogP contribution in [0.5, 0.6) is 0 Å². The first-order valence-electron chi connectivity index (χ1n) is 5.37. The van der Waals surface area contributed by atoms with Crippen LogP contribution in [-0.4, -0.2) is 15.6 Å². The first kappa shape index (κ1) is 12.6. The summed E-state index contributed by atoms with van der Waals surface area (Å²) in [7, 11) is 0. The van der Waals surface area contributed by atoms with Gasteiger partial charge in [-0.25, -0.2) is 0 Å². The van der Waals surface area contributed by atoms with E-state index >= 15 is 0 Å². The summed E-state index contributed by atoms with van der Waals surface area (Å²) >= 11 is 1.14. The van der Waals surface area contributed by atoms with Crippen molar-refractivity contribution in [1.82, 2.24) is 9.72 Å². The van der Waals surface area contributed by atoms with E-state index in [0.29, 0.717) is 11.6 Å². The predicted octanol–water partition coefficient (Wildman–Crippen LogP) is 1.46. The molecule has 2 heterocycles. The van der Waals surface area contributed by atoms with Gasteiger partial charge in [-0.05, 0) is 20.8 Å². The summed E-state index contributed by atoms with van der Waals surface area (Å²) < 4.78 is 6.28. The van der Waals surface area contributed by atoms with Crippen LogP contribution in [0.15, 0.2) is 15.4 Å². The van der Waals surface area contributed by atoms with E-state index in [4.69, 9.17) is 4.52 Å². The third-order valence-corrected chi connectivity index (χ3v) is 3.57. The molecule has 0 unspecified atom stereocenters. The van der Waals surface area contributed by atoms with Crippen LogP contribution in [0.4, 0.5) is 5.82 Å². The van der Waals surface area contributed by atoms with Crippen molar-refractivity contribution in [3.63, 3.8) is 0 Å². The maximum atomic E-state index is 11.8. The zero-order chi connectivity index (χ0) is 13.3. The van der Waals surface area contributed by atoms with Crippen LogP contribution in [0.25, 0.3) is 0 Å². The van der Waals surface area contributed by atoms with Gasteiger partial charge in [0.25, 0.3) is 0 Å². The lowest BCUT2D eigenvalue weighted by Gasteiger charge is -2.04. The number of rotatable bonds is 3. The van der Waals surface area contributed by atoms with Crippen molar-refractivity contribution in [2.24, 2.45) is 0 Å². The van der Waals surface area contributed by atoms with Crippen LogP contribution in [0.3, 0.4) is 0 Å². The van der Waals surface area contributed by atoms with Crippen LogP contribution in [-0.2, 0) is 11.3 Å². The zero-order valence-electron chi connectivity index (χ0n) is 10.3. The molecule has 0 saturated heterocycles. The van der Waals surface area contributed by atoms with Crippen LogP contribution >= 0.6 is 11.3 Å². The summed E-state index contributed by atoms with van der Waals surface area (Å²) in [4.78, 5) is 24.2. The Bertz CT molecular complexity index is 638. The van der Waals surface area contributed by atoms with Gasteiger partial charge in [0.2, 0.25) is 5.91 Å². The Balaban J connectivity index is 2.10. The smallest absolute Gasteiger partial charge is 0.308 e. The molecular formula is C11H13N3O3S. The van der Waals surface area contributed by atoms with Gasteiger partial charge in [0.1, 0.15) is 12.3 Å². The molecule has 2 aromatic rings. The monoisotopic (exact) mass is 267 g/mol. The molecular weight excluding hydrogens is 254 g/mol. The van der Waals surface area contributed by atoms with Crippen LogP contribution < -0.4 is 10.2 Å². The Morgan fingerprint density at radius 2 is 2.22 bits per heavy atom. The highest BCUT2D eigenvalue weighted by Crippen LogP contribution is 2.10. The highest BCUT2D eigenvalue weighted by molar-refractivity contribution is 7.09. The predicted molar refractivity (Wildman–Crippen MR) is 67.9 cm³/mol. The number of anilines is 1. The number of carbonyl (C=O) groups is 1. The number of hydrogen-bond donors (Lipinski definition) is 1. The fourth-order valence-electron chi connectivity index (χ4n) is 1.52. The minimum absolute atomic E-state index is 0.0130. The Hall–Kier alpha value is -1.89. The van der Waals surface area contributed by atoms with Crippen LogP contribution in [0.2, 0.25) is 0 Å². The molecule has 0 bridgehead atoms. The maximum absolute atomic E-state index is 11.8. The zero-order valence-corrected chi connectivity index (χ0v) is 11.1. The fraction of sp³-hybridized carbons (Fsp3) is 0.364. The molecule has 0 aliphatic carbocycles. The highest BCUT2D eigenvalue weighted by Gasteiger charge is 2.12. The molecule has 0 aromatic carbocycles. The van der Waals surface area contributed by atoms with Gasteiger partial charge in [0.15, 0.2) is 5.82 Å². The first-order valence-corrected chi connectivity index (χ1v) is 6.19. The third kappa shape index (κ3) is 2.51. The molecule has 0 aliphatic heterocycles. The number of nitrogens with one attached hydrogen (secondary N) is 1. The molecule has 0 saturated carbocycles. The summed E-state index contributed by atoms with van der Waals surface area (Å²) in [6.45, 7) is 5.40. The summed E-state index contributed by atoms with van der Waals surface area (Å²) in [6, 6.07) is 1.62. The lowest BCUT2D eigenvalue weighted by atomic mass is 10.4. The van der Waals surface area contributed by atoms with Gasteiger partial charge in [-0.2, -0.15) is 0 Å².